The van der Waals surface area contributed by atoms with E-state index < -0.39 is 47.7 Å². The quantitative estimate of drug-likeness (QED) is 0.359. The van der Waals surface area contributed by atoms with Gasteiger partial charge in [0.05, 0.1) is 10.7 Å². The smallest absolute Gasteiger partial charge is 0.349 e. The average Bonchev–Trinajstić information content (AvgIpc) is 2.67. The van der Waals surface area contributed by atoms with Gasteiger partial charge < -0.3 is 14.2 Å². The number of ether oxygens (including phenoxy) is 3. The van der Waals surface area contributed by atoms with Gasteiger partial charge in [-0.1, -0.05) is 11.6 Å². The second kappa shape index (κ2) is 9.22. The summed E-state index contributed by atoms with van der Waals surface area (Å²) in [7, 11) is 2.65. The van der Waals surface area contributed by atoms with Crippen molar-refractivity contribution in [3.63, 3.8) is 0 Å². The van der Waals surface area contributed by atoms with Crippen molar-refractivity contribution >= 4 is 35.8 Å². The summed E-state index contributed by atoms with van der Waals surface area (Å²) >= 11 is 11.0. The molecule has 2 rings (SSSR count). The van der Waals surface area contributed by atoms with Crippen molar-refractivity contribution in [3.8, 4) is 11.4 Å². The summed E-state index contributed by atoms with van der Waals surface area (Å²) in [5.74, 6) is -2.71. The topological polar surface area (TPSA) is 111 Å². The average molecular weight is 462 g/mol. The van der Waals surface area contributed by atoms with Gasteiger partial charge in [0, 0.05) is 27.1 Å². The van der Waals surface area contributed by atoms with E-state index in [0.717, 1.165) is 28.2 Å². The Morgan fingerprint density at radius 1 is 1.17 bits per heavy atom. The van der Waals surface area contributed by atoms with Gasteiger partial charge in [-0.3, -0.25) is 13.9 Å². The summed E-state index contributed by atoms with van der Waals surface area (Å²) in [5.41, 5.74) is -2.22. The zero-order chi connectivity index (χ0) is 22.7. The molecule has 0 spiro atoms. The molecule has 0 aliphatic carbocycles. The highest BCUT2D eigenvalue weighted by Crippen LogP contribution is 2.29. The molecule has 2 aromatic rings. The van der Waals surface area contributed by atoms with Gasteiger partial charge in [-0.05, 0) is 25.2 Å². The molecule has 0 bridgehead atoms. The van der Waals surface area contributed by atoms with Crippen molar-refractivity contribution in [3.05, 3.63) is 48.7 Å². The molecule has 0 N–H and O–H groups in total. The van der Waals surface area contributed by atoms with Crippen LogP contribution in [0.15, 0.2) is 21.7 Å². The fourth-order valence-corrected chi connectivity index (χ4v) is 2.63. The second-order valence-electron chi connectivity index (χ2n) is 6.01. The molecule has 162 valence electrons. The number of nitrogens with zero attached hydrogens (tertiary/aromatic N) is 3. The lowest BCUT2D eigenvalue weighted by molar-refractivity contribution is -0.170. The fourth-order valence-electron chi connectivity index (χ4n) is 2.28. The van der Waals surface area contributed by atoms with Crippen LogP contribution in [-0.2, 0) is 33.2 Å². The van der Waals surface area contributed by atoms with Crippen LogP contribution in [0, 0.1) is 10.6 Å². The molecule has 0 saturated carbocycles. The number of hydrogen-bond donors (Lipinski definition) is 0. The van der Waals surface area contributed by atoms with Gasteiger partial charge >= 0.3 is 23.3 Å². The molecule has 10 nitrogen and oxygen atoms in total. The number of hydrogen-bond acceptors (Lipinski definition) is 8. The molecular formula is C17H17ClFN3O7S. The first-order chi connectivity index (χ1) is 14.0. The van der Waals surface area contributed by atoms with Crippen molar-refractivity contribution in [1.29, 1.82) is 0 Å². The van der Waals surface area contributed by atoms with Crippen molar-refractivity contribution in [2.75, 3.05) is 6.79 Å². The molecular weight excluding hydrogens is 445 g/mol. The van der Waals surface area contributed by atoms with Crippen molar-refractivity contribution < 1.29 is 28.2 Å². The van der Waals surface area contributed by atoms with E-state index in [-0.39, 0.29) is 15.5 Å². The van der Waals surface area contributed by atoms with Gasteiger partial charge in [0.2, 0.25) is 6.79 Å². The zero-order valence-electron chi connectivity index (χ0n) is 16.3. The Hall–Kier alpha value is -2.99. The van der Waals surface area contributed by atoms with Gasteiger partial charge in [-0.2, -0.15) is 0 Å². The van der Waals surface area contributed by atoms with Crippen LogP contribution in [0.5, 0.6) is 5.75 Å². The maximum absolute atomic E-state index is 14.6. The van der Waals surface area contributed by atoms with Crippen molar-refractivity contribution in [2.45, 2.75) is 20.0 Å². The van der Waals surface area contributed by atoms with E-state index in [4.69, 9.17) is 33.3 Å². The first-order valence-electron chi connectivity index (χ1n) is 8.30. The Morgan fingerprint density at radius 3 is 2.27 bits per heavy atom. The number of carbonyl (C=O) groups is 2. The van der Waals surface area contributed by atoms with Crippen LogP contribution in [0.1, 0.15) is 13.8 Å². The Balaban J connectivity index is 2.44. The van der Waals surface area contributed by atoms with Gasteiger partial charge in [0.15, 0.2) is 10.9 Å². The van der Waals surface area contributed by atoms with Crippen LogP contribution in [-0.4, -0.2) is 38.5 Å². The summed E-state index contributed by atoms with van der Waals surface area (Å²) in [6.45, 7) is 1.84. The number of aromatic nitrogens is 3. The van der Waals surface area contributed by atoms with Crippen LogP contribution >= 0.6 is 23.8 Å². The van der Waals surface area contributed by atoms with Crippen molar-refractivity contribution in [1.82, 2.24) is 13.7 Å². The monoisotopic (exact) mass is 461 g/mol. The first-order valence-corrected chi connectivity index (χ1v) is 9.09. The van der Waals surface area contributed by atoms with Gasteiger partial charge in [-0.15, -0.1) is 0 Å². The van der Waals surface area contributed by atoms with Crippen LogP contribution in [0.4, 0.5) is 4.39 Å². The van der Waals surface area contributed by atoms with Crippen molar-refractivity contribution in [2.24, 2.45) is 14.1 Å². The third-order valence-electron chi connectivity index (χ3n) is 3.87. The lowest BCUT2D eigenvalue weighted by Crippen LogP contribution is -2.43. The summed E-state index contributed by atoms with van der Waals surface area (Å²) in [6, 6.07) is 1.83. The third kappa shape index (κ3) is 4.76. The molecule has 1 aromatic carbocycles. The molecule has 1 unspecified atom stereocenters. The molecule has 1 aromatic heterocycles. The van der Waals surface area contributed by atoms with E-state index in [2.05, 4.69) is 4.74 Å². The lowest BCUT2D eigenvalue weighted by Gasteiger charge is -2.17. The second-order valence-corrected chi connectivity index (χ2v) is 6.78. The van der Waals surface area contributed by atoms with Crippen LogP contribution < -0.4 is 16.1 Å². The number of carbonyl (C=O) groups excluding carboxylic acids is 2. The first kappa shape index (κ1) is 23.3. The summed E-state index contributed by atoms with van der Waals surface area (Å²) in [4.78, 5) is 47.6. The SMILES string of the molecule is CC(=O)OCOC(=O)C(C)Oc1cc(-n2c(=O)n(C)c(=S)n(C)c2=O)c(F)cc1Cl. The molecule has 0 aliphatic rings. The molecule has 13 heteroatoms. The number of esters is 2. The molecule has 0 amide bonds. The minimum absolute atomic E-state index is 0.0590. The predicted octanol–water partition coefficient (Wildman–Crippen LogP) is 1.23. The number of benzene rings is 1. The minimum Gasteiger partial charge on any atom is -0.477 e. The summed E-state index contributed by atoms with van der Waals surface area (Å²) in [6.07, 6.45) is -1.23. The third-order valence-corrected chi connectivity index (χ3v) is 4.71. The molecule has 1 atom stereocenters. The van der Waals surface area contributed by atoms with Crippen LogP contribution in [0.2, 0.25) is 5.02 Å². The zero-order valence-corrected chi connectivity index (χ0v) is 17.9. The van der Waals surface area contributed by atoms with E-state index in [1.165, 1.54) is 21.0 Å². The van der Waals surface area contributed by atoms with E-state index in [1.54, 1.807) is 0 Å². The summed E-state index contributed by atoms with van der Waals surface area (Å²) < 4.78 is 31.6. The number of halogens is 2. The normalized spacial score (nSPS) is 11.7. The molecule has 30 heavy (non-hydrogen) atoms. The Labute approximate surface area is 179 Å². The van der Waals surface area contributed by atoms with Gasteiger partial charge in [0.25, 0.3) is 0 Å². The van der Waals surface area contributed by atoms with E-state index in [9.17, 15) is 23.6 Å². The summed E-state index contributed by atoms with van der Waals surface area (Å²) in [5, 5.41) is -0.218. The highest BCUT2D eigenvalue weighted by molar-refractivity contribution is 7.71. The fraction of sp³-hybridized carbons (Fsp3) is 0.353. The van der Waals surface area contributed by atoms with E-state index >= 15 is 0 Å². The van der Waals surface area contributed by atoms with E-state index in [1.807, 2.05) is 0 Å². The van der Waals surface area contributed by atoms with Gasteiger partial charge in [-0.25, -0.2) is 23.3 Å². The van der Waals surface area contributed by atoms with Crippen LogP contribution in [0.3, 0.4) is 0 Å². The minimum atomic E-state index is -1.23. The molecule has 0 saturated heterocycles. The maximum atomic E-state index is 14.6. The highest BCUT2D eigenvalue weighted by atomic mass is 35.5. The Kier molecular flexibility index (Phi) is 7.16. The van der Waals surface area contributed by atoms with E-state index in [0.29, 0.717) is 4.57 Å². The molecule has 0 aliphatic heterocycles. The maximum Gasteiger partial charge on any atom is 0.349 e. The Morgan fingerprint density at radius 2 is 1.73 bits per heavy atom. The largest absolute Gasteiger partial charge is 0.477 e. The predicted molar refractivity (Wildman–Crippen MR) is 105 cm³/mol. The molecule has 0 fully saturated rings. The van der Waals surface area contributed by atoms with Gasteiger partial charge in [0.1, 0.15) is 11.6 Å². The number of rotatable bonds is 6. The lowest BCUT2D eigenvalue weighted by atomic mass is 10.2. The molecule has 1 heterocycles. The Bertz CT molecular complexity index is 1150. The molecule has 0 radical (unpaired) electrons. The highest BCUT2D eigenvalue weighted by Gasteiger charge is 2.22. The standard InChI is InChI=1S/C17H17ClFN3O7S/c1-8(14(24)28-7-27-9(2)23)29-13-6-12(11(19)5-10(13)18)22-15(25)20(3)17(30)21(4)16(22)26/h5-6,8H,7H2,1-4H3. The van der Waals surface area contributed by atoms with Crippen LogP contribution in [0.25, 0.3) is 5.69 Å².